The van der Waals surface area contributed by atoms with E-state index in [-0.39, 0.29) is 8.41 Å². The van der Waals surface area contributed by atoms with E-state index >= 15 is 0 Å². The van der Waals surface area contributed by atoms with Crippen molar-refractivity contribution in [2.24, 2.45) is 0 Å². The standard InChI is InChI=1S/C6H12O.B/c1-5-3-4-6(2)7-5;/h5-6H,3-4H2,1-2H3;. The highest BCUT2D eigenvalue weighted by Gasteiger charge is 2.16. The lowest BCUT2D eigenvalue weighted by molar-refractivity contribution is 0.0673. The van der Waals surface area contributed by atoms with Crippen LogP contribution in [0.5, 0.6) is 0 Å². The van der Waals surface area contributed by atoms with Gasteiger partial charge in [0.2, 0.25) is 0 Å². The molecular weight excluding hydrogens is 98.9 g/mol. The van der Waals surface area contributed by atoms with Crippen LogP contribution in [-0.4, -0.2) is 20.6 Å². The van der Waals surface area contributed by atoms with Crippen LogP contribution < -0.4 is 0 Å². The summed E-state index contributed by atoms with van der Waals surface area (Å²) in [5.41, 5.74) is 0. The molecule has 0 aromatic heterocycles. The fourth-order valence-electron chi connectivity index (χ4n) is 1.00. The van der Waals surface area contributed by atoms with Crippen molar-refractivity contribution in [1.29, 1.82) is 0 Å². The van der Waals surface area contributed by atoms with Crippen molar-refractivity contribution < 1.29 is 4.74 Å². The van der Waals surface area contributed by atoms with Crippen LogP contribution in [0.15, 0.2) is 0 Å². The molecule has 1 nitrogen and oxygen atoms in total. The Balaban J connectivity index is 0.000000490. The molecule has 1 heterocycles. The molecule has 2 atom stereocenters. The third kappa shape index (κ3) is 1.87. The molecule has 0 spiro atoms. The first kappa shape index (κ1) is 8.02. The predicted molar refractivity (Wildman–Crippen MR) is 35.0 cm³/mol. The van der Waals surface area contributed by atoms with Crippen LogP contribution >= 0.6 is 0 Å². The first-order valence-corrected chi connectivity index (χ1v) is 2.94. The van der Waals surface area contributed by atoms with Crippen LogP contribution in [0.2, 0.25) is 0 Å². The molecule has 1 aliphatic rings. The van der Waals surface area contributed by atoms with Crippen LogP contribution in [0.1, 0.15) is 26.7 Å². The lowest BCUT2D eigenvalue weighted by atomic mass is 10.2. The smallest absolute Gasteiger partial charge is 0.0551 e. The summed E-state index contributed by atoms with van der Waals surface area (Å²) in [5.74, 6) is 0. The van der Waals surface area contributed by atoms with E-state index in [1.807, 2.05) is 0 Å². The van der Waals surface area contributed by atoms with Gasteiger partial charge in [0.05, 0.1) is 12.2 Å². The normalized spacial score (nSPS) is 36.8. The zero-order valence-corrected chi connectivity index (χ0v) is 5.55. The second-order valence-electron chi connectivity index (χ2n) is 2.33. The molecule has 1 fully saturated rings. The van der Waals surface area contributed by atoms with E-state index in [9.17, 15) is 0 Å². The zero-order valence-electron chi connectivity index (χ0n) is 5.55. The lowest BCUT2D eigenvalue weighted by Gasteiger charge is -2.01. The molecule has 1 saturated heterocycles. The monoisotopic (exact) mass is 111 g/mol. The summed E-state index contributed by atoms with van der Waals surface area (Å²) in [7, 11) is 0. The summed E-state index contributed by atoms with van der Waals surface area (Å²) in [4.78, 5) is 0. The summed E-state index contributed by atoms with van der Waals surface area (Å²) in [5, 5.41) is 0. The molecule has 2 heteroatoms. The molecule has 45 valence electrons. The van der Waals surface area contributed by atoms with Gasteiger partial charge < -0.3 is 4.74 Å². The molecule has 0 aromatic carbocycles. The number of hydrogen-bond donors (Lipinski definition) is 0. The summed E-state index contributed by atoms with van der Waals surface area (Å²) in [6.07, 6.45) is 3.55. The minimum Gasteiger partial charge on any atom is -0.376 e. The van der Waals surface area contributed by atoms with Gasteiger partial charge >= 0.3 is 0 Å². The number of ether oxygens (including phenoxy) is 1. The molecular formula is C6H12BO. The quantitative estimate of drug-likeness (QED) is 0.426. The van der Waals surface area contributed by atoms with E-state index in [0.29, 0.717) is 12.2 Å². The van der Waals surface area contributed by atoms with Crippen molar-refractivity contribution in [3.63, 3.8) is 0 Å². The molecule has 0 aromatic rings. The Bertz CT molecular complexity index is 57.5. The van der Waals surface area contributed by atoms with Crippen molar-refractivity contribution in [3.8, 4) is 0 Å². The molecule has 0 aliphatic carbocycles. The van der Waals surface area contributed by atoms with Crippen molar-refractivity contribution in [3.05, 3.63) is 0 Å². The van der Waals surface area contributed by atoms with Crippen LogP contribution in [0.4, 0.5) is 0 Å². The van der Waals surface area contributed by atoms with Gasteiger partial charge in [-0.2, -0.15) is 0 Å². The topological polar surface area (TPSA) is 9.23 Å². The van der Waals surface area contributed by atoms with Crippen LogP contribution in [-0.2, 0) is 4.74 Å². The third-order valence-electron chi connectivity index (χ3n) is 1.44. The molecule has 8 heavy (non-hydrogen) atoms. The highest BCUT2D eigenvalue weighted by molar-refractivity contribution is 5.75. The van der Waals surface area contributed by atoms with E-state index in [0.717, 1.165) is 0 Å². The molecule has 0 saturated carbocycles. The maximum atomic E-state index is 5.36. The molecule has 0 bridgehead atoms. The van der Waals surface area contributed by atoms with Gasteiger partial charge in [-0.1, -0.05) is 0 Å². The fraction of sp³-hybridized carbons (Fsp3) is 1.00. The molecule has 1 rings (SSSR count). The molecule has 0 N–H and O–H groups in total. The van der Waals surface area contributed by atoms with E-state index < -0.39 is 0 Å². The Labute approximate surface area is 53.0 Å². The van der Waals surface area contributed by atoms with Crippen molar-refractivity contribution in [2.45, 2.75) is 38.9 Å². The Hall–Kier alpha value is 0.0249. The van der Waals surface area contributed by atoms with Gasteiger partial charge in [0.25, 0.3) is 0 Å². The van der Waals surface area contributed by atoms with Gasteiger partial charge in [-0.15, -0.1) is 0 Å². The molecule has 3 radical (unpaired) electrons. The minimum absolute atomic E-state index is 0. The van der Waals surface area contributed by atoms with E-state index in [1.165, 1.54) is 12.8 Å². The predicted octanol–water partition coefficient (Wildman–Crippen LogP) is 1.19. The Kier molecular flexibility index (Phi) is 3.14. The largest absolute Gasteiger partial charge is 0.376 e. The van der Waals surface area contributed by atoms with Crippen molar-refractivity contribution >= 4 is 8.41 Å². The molecule has 1 aliphatic heterocycles. The summed E-state index contributed by atoms with van der Waals surface area (Å²) in [6, 6.07) is 0. The summed E-state index contributed by atoms with van der Waals surface area (Å²) >= 11 is 0. The van der Waals surface area contributed by atoms with Crippen molar-refractivity contribution in [2.75, 3.05) is 0 Å². The number of rotatable bonds is 0. The third-order valence-corrected chi connectivity index (χ3v) is 1.44. The van der Waals surface area contributed by atoms with Crippen molar-refractivity contribution in [1.82, 2.24) is 0 Å². The Morgan fingerprint density at radius 1 is 1.12 bits per heavy atom. The highest BCUT2D eigenvalue weighted by Crippen LogP contribution is 2.17. The molecule has 2 unspecified atom stereocenters. The average molecular weight is 111 g/mol. The summed E-state index contributed by atoms with van der Waals surface area (Å²) in [6.45, 7) is 4.26. The fourth-order valence-corrected chi connectivity index (χ4v) is 1.00. The minimum atomic E-state index is 0. The van der Waals surface area contributed by atoms with Gasteiger partial charge in [-0.3, -0.25) is 0 Å². The summed E-state index contributed by atoms with van der Waals surface area (Å²) < 4.78 is 5.36. The average Bonchev–Trinajstić information content (AvgIpc) is 1.87. The van der Waals surface area contributed by atoms with Gasteiger partial charge in [-0.25, -0.2) is 0 Å². The van der Waals surface area contributed by atoms with Crippen LogP contribution in [0, 0.1) is 0 Å². The van der Waals surface area contributed by atoms with E-state index in [2.05, 4.69) is 13.8 Å². The van der Waals surface area contributed by atoms with E-state index in [1.54, 1.807) is 0 Å². The van der Waals surface area contributed by atoms with Gasteiger partial charge in [0.15, 0.2) is 0 Å². The second-order valence-corrected chi connectivity index (χ2v) is 2.33. The first-order valence-electron chi connectivity index (χ1n) is 2.94. The van der Waals surface area contributed by atoms with Crippen LogP contribution in [0.3, 0.4) is 0 Å². The maximum Gasteiger partial charge on any atom is 0.0551 e. The van der Waals surface area contributed by atoms with Gasteiger partial charge in [0.1, 0.15) is 0 Å². The van der Waals surface area contributed by atoms with Crippen LogP contribution in [0.25, 0.3) is 0 Å². The maximum absolute atomic E-state index is 5.36. The van der Waals surface area contributed by atoms with Gasteiger partial charge in [-0.05, 0) is 26.7 Å². The highest BCUT2D eigenvalue weighted by atomic mass is 16.5. The van der Waals surface area contributed by atoms with Gasteiger partial charge in [0, 0.05) is 8.41 Å². The first-order chi connectivity index (χ1) is 3.29. The number of hydrogen-bond acceptors (Lipinski definition) is 1. The molecule has 0 amide bonds. The lowest BCUT2D eigenvalue weighted by Crippen LogP contribution is -2.01. The Morgan fingerprint density at radius 3 is 1.62 bits per heavy atom. The Morgan fingerprint density at radius 2 is 1.50 bits per heavy atom. The second kappa shape index (κ2) is 3.13. The SMILES string of the molecule is CC1CCC(C)O1.[B]. The van der Waals surface area contributed by atoms with E-state index in [4.69, 9.17) is 4.74 Å². The zero-order chi connectivity index (χ0) is 5.28.